The number of benzene rings is 2. The molecule has 30 heavy (non-hydrogen) atoms. The van der Waals surface area contributed by atoms with E-state index >= 15 is 0 Å². The summed E-state index contributed by atoms with van der Waals surface area (Å²) in [6, 6.07) is 10.4. The molecule has 0 heterocycles. The third kappa shape index (κ3) is 4.88. The summed E-state index contributed by atoms with van der Waals surface area (Å²) in [5.74, 6) is -0.215. The van der Waals surface area contributed by atoms with Gasteiger partial charge in [0.2, 0.25) is 15.9 Å². The summed E-state index contributed by atoms with van der Waals surface area (Å²) in [7, 11) is -0.731. The largest absolute Gasteiger partial charge is 0.348 e. The molecule has 0 aromatic heterocycles. The lowest BCUT2D eigenvalue weighted by Gasteiger charge is -2.16. The maximum Gasteiger partial charge on any atom is 0.251 e. The van der Waals surface area contributed by atoms with E-state index in [-0.39, 0.29) is 34.7 Å². The monoisotopic (exact) mass is 429 g/mol. The molecule has 8 heteroatoms. The van der Waals surface area contributed by atoms with Crippen LogP contribution in [0, 0.1) is 19.8 Å². The second kappa shape index (κ2) is 8.57. The first-order valence-electron chi connectivity index (χ1n) is 9.81. The van der Waals surface area contributed by atoms with Gasteiger partial charge in [-0.1, -0.05) is 12.1 Å². The Labute approximate surface area is 177 Å². The molecule has 0 bridgehead atoms. The Bertz CT molecular complexity index is 1090. The summed E-state index contributed by atoms with van der Waals surface area (Å²) < 4.78 is 26.3. The van der Waals surface area contributed by atoms with Crippen LogP contribution in [0.25, 0.3) is 0 Å². The van der Waals surface area contributed by atoms with Gasteiger partial charge in [0.25, 0.3) is 5.91 Å². The molecule has 3 rings (SSSR count). The van der Waals surface area contributed by atoms with Gasteiger partial charge in [-0.3, -0.25) is 9.59 Å². The van der Waals surface area contributed by atoms with Crippen LogP contribution in [0.4, 0.5) is 5.69 Å². The summed E-state index contributed by atoms with van der Waals surface area (Å²) >= 11 is 0. The number of amides is 2. The van der Waals surface area contributed by atoms with Gasteiger partial charge in [-0.2, -0.15) is 0 Å². The predicted molar refractivity (Wildman–Crippen MR) is 116 cm³/mol. The maximum atomic E-state index is 12.7. The fourth-order valence-corrected chi connectivity index (χ4v) is 4.27. The quantitative estimate of drug-likeness (QED) is 0.707. The van der Waals surface area contributed by atoms with Gasteiger partial charge in [0.1, 0.15) is 0 Å². The summed E-state index contributed by atoms with van der Waals surface area (Å²) in [6.45, 7) is 3.77. The minimum atomic E-state index is -3.66. The average Bonchev–Trinajstić information content (AvgIpc) is 3.53. The second-order valence-corrected chi connectivity index (χ2v) is 9.97. The summed E-state index contributed by atoms with van der Waals surface area (Å²) in [5.41, 5.74) is 3.18. The zero-order valence-corrected chi connectivity index (χ0v) is 18.5. The molecule has 160 valence electrons. The molecule has 1 aliphatic carbocycles. The molecule has 7 nitrogen and oxygen atoms in total. The first-order valence-corrected chi connectivity index (χ1v) is 11.3. The predicted octanol–water partition coefficient (Wildman–Crippen LogP) is 2.83. The van der Waals surface area contributed by atoms with E-state index < -0.39 is 10.0 Å². The van der Waals surface area contributed by atoms with Crippen LogP contribution >= 0.6 is 0 Å². The number of carbonyl (C=O) groups excluding carboxylic acids is 2. The van der Waals surface area contributed by atoms with E-state index in [1.165, 1.54) is 20.2 Å². The van der Waals surface area contributed by atoms with Crippen LogP contribution in [0.15, 0.2) is 41.3 Å². The van der Waals surface area contributed by atoms with Crippen molar-refractivity contribution in [3.63, 3.8) is 0 Å². The van der Waals surface area contributed by atoms with Crippen molar-refractivity contribution in [2.45, 2.75) is 38.1 Å². The maximum absolute atomic E-state index is 12.7. The third-order valence-electron chi connectivity index (χ3n) is 5.24. The van der Waals surface area contributed by atoms with E-state index in [1.807, 2.05) is 24.3 Å². The lowest BCUT2D eigenvalue weighted by Crippen LogP contribution is -2.26. The van der Waals surface area contributed by atoms with Gasteiger partial charge in [-0.05, 0) is 67.6 Å². The molecular weight excluding hydrogens is 402 g/mol. The Hall–Kier alpha value is -2.71. The number of anilines is 1. The Kier molecular flexibility index (Phi) is 6.28. The van der Waals surface area contributed by atoms with Crippen molar-refractivity contribution < 1.29 is 18.0 Å². The molecule has 2 aromatic rings. The molecule has 2 N–H and O–H groups in total. The van der Waals surface area contributed by atoms with Crippen LogP contribution in [-0.2, 0) is 21.4 Å². The Morgan fingerprint density at radius 1 is 1.10 bits per heavy atom. The van der Waals surface area contributed by atoms with E-state index in [2.05, 4.69) is 10.6 Å². The lowest BCUT2D eigenvalue weighted by atomic mass is 10.1. The number of nitrogens with one attached hydrogen (secondary N) is 2. The standard InChI is InChI=1S/C22H27N3O4S/c1-14-10-18(12-20(15(14)2)30(28,29)25(3)4)21(26)23-13-16-6-5-7-19(11-16)24-22(27)17-8-9-17/h5-7,10-12,17H,8-9,13H2,1-4H3,(H,23,26)(H,24,27). The first kappa shape index (κ1) is 22.0. The number of aryl methyl sites for hydroxylation is 1. The number of hydrogen-bond acceptors (Lipinski definition) is 4. The van der Waals surface area contributed by atoms with Crippen LogP contribution in [0.1, 0.15) is 39.9 Å². The molecule has 0 unspecified atom stereocenters. The average molecular weight is 430 g/mol. The third-order valence-corrected chi connectivity index (χ3v) is 7.18. The minimum Gasteiger partial charge on any atom is -0.348 e. The van der Waals surface area contributed by atoms with Crippen molar-refractivity contribution in [2.24, 2.45) is 5.92 Å². The van der Waals surface area contributed by atoms with Gasteiger partial charge in [-0.25, -0.2) is 12.7 Å². The molecular formula is C22H27N3O4S. The highest BCUT2D eigenvalue weighted by Gasteiger charge is 2.29. The Morgan fingerprint density at radius 3 is 2.43 bits per heavy atom. The molecule has 0 atom stereocenters. The van der Waals surface area contributed by atoms with Crippen LogP contribution < -0.4 is 10.6 Å². The van der Waals surface area contributed by atoms with Gasteiger partial charge in [0.05, 0.1) is 4.90 Å². The van der Waals surface area contributed by atoms with Crippen LogP contribution in [0.2, 0.25) is 0 Å². The molecule has 1 aliphatic rings. The van der Waals surface area contributed by atoms with E-state index in [0.717, 1.165) is 28.3 Å². The number of nitrogens with zero attached hydrogens (tertiary/aromatic N) is 1. The summed E-state index contributed by atoms with van der Waals surface area (Å²) in [4.78, 5) is 24.8. The number of rotatable bonds is 7. The Balaban J connectivity index is 1.74. The number of sulfonamides is 1. The van der Waals surface area contributed by atoms with Gasteiger partial charge in [-0.15, -0.1) is 0 Å². The fraction of sp³-hybridized carbons (Fsp3) is 0.364. The van der Waals surface area contributed by atoms with Crippen molar-refractivity contribution in [1.29, 1.82) is 0 Å². The van der Waals surface area contributed by atoms with Crippen LogP contribution in [0.5, 0.6) is 0 Å². The smallest absolute Gasteiger partial charge is 0.251 e. The van der Waals surface area contributed by atoms with Crippen LogP contribution in [0.3, 0.4) is 0 Å². The number of carbonyl (C=O) groups is 2. The fourth-order valence-electron chi connectivity index (χ4n) is 3.06. The van der Waals surface area contributed by atoms with E-state index in [0.29, 0.717) is 11.3 Å². The molecule has 2 aromatic carbocycles. The highest BCUT2D eigenvalue weighted by Crippen LogP contribution is 2.30. The molecule has 0 radical (unpaired) electrons. The van der Waals surface area contributed by atoms with Crippen molar-refractivity contribution in [3.8, 4) is 0 Å². The van der Waals surface area contributed by atoms with Crippen molar-refractivity contribution in [2.75, 3.05) is 19.4 Å². The van der Waals surface area contributed by atoms with Gasteiger partial charge < -0.3 is 10.6 Å². The molecule has 0 saturated heterocycles. The van der Waals surface area contributed by atoms with E-state index in [4.69, 9.17) is 0 Å². The highest BCUT2D eigenvalue weighted by atomic mass is 32.2. The SMILES string of the molecule is Cc1cc(C(=O)NCc2cccc(NC(=O)C3CC3)c2)cc(S(=O)(=O)N(C)C)c1C. The normalized spacial score (nSPS) is 13.9. The summed E-state index contributed by atoms with van der Waals surface area (Å²) in [6.07, 6.45) is 1.87. The minimum absolute atomic E-state index is 0.0287. The molecule has 0 spiro atoms. The lowest BCUT2D eigenvalue weighted by molar-refractivity contribution is -0.117. The van der Waals surface area contributed by atoms with Gasteiger partial charge >= 0.3 is 0 Å². The molecule has 2 amide bonds. The van der Waals surface area contributed by atoms with Crippen molar-refractivity contribution in [1.82, 2.24) is 9.62 Å². The zero-order chi connectivity index (χ0) is 22.1. The zero-order valence-electron chi connectivity index (χ0n) is 17.7. The van der Waals surface area contributed by atoms with E-state index in [1.54, 1.807) is 19.9 Å². The molecule has 1 saturated carbocycles. The van der Waals surface area contributed by atoms with Gasteiger partial charge in [0.15, 0.2) is 0 Å². The first-order chi connectivity index (χ1) is 14.1. The van der Waals surface area contributed by atoms with Crippen molar-refractivity contribution >= 4 is 27.5 Å². The summed E-state index contributed by atoms with van der Waals surface area (Å²) in [5, 5.41) is 5.71. The topological polar surface area (TPSA) is 95.6 Å². The molecule has 1 fully saturated rings. The van der Waals surface area contributed by atoms with E-state index in [9.17, 15) is 18.0 Å². The van der Waals surface area contributed by atoms with Crippen molar-refractivity contribution in [3.05, 3.63) is 58.7 Å². The van der Waals surface area contributed by atoms with Crippen LogP contribution in [-0.4, -0.2) is 38.6 Å². The van der Waals surface area contributed by atoms with Gasteiger partial charge in [0, 0.05) is 37.8 Å². The second-order valence-electron chi connectivity index (χ2n) is 7.85. The Morgan fingerprint density at radius 2 is 1.80 bits per heavy atom. The molecule has 0 aliphatic heterocycles. The number of hydrogen-bond donors (Lipinski definition) is 2. The highest BCUT2D eigenvalue weighted by molar-refractivity contribution is 7.89.